The topological polar surface area (TPSA) is 22.4 Å². The van der Waals surface area contributed by atoms with Gasteiger partial charge in [-0.3, -0.25) is 0 Å². The van der Waals surface area contributed by atoms with Crippen LogP contribution in [0.1, 0.15) is 0 Å². The number of hydrogen-bond acceptors (Lipinski definition) is 2. The zero-order valence-corrected chi connectivity index (χ0v) is 12.8. The molecule has 0 bridgehead atoms. The molecule has 0 saturated carbocycles. The normalized spacial score (nSPS) is 12.3. The van der Waals surface area contributed by atoms with E-state index in [0.29, 0.717) is 10.6 Å². The van der Waals surface area contributed by atoms with Crippen LogP contribution in [-0.4, -0.2) is 6.36 Å². The Kier molecular flexibility index (Phi) is 4.24. The standard InChI is InChI=1S/C17H13F3O2P/c18-17(19,20)22-23(16-12-7-13-21-16,14-8-3-1-4-9-14)15-10-5-2-6-11-15/h1-13H/q+1. The lowest BCUT2D eigenvalue weighted by atomic mass is 10.4. The summed E-state index contributed by atoms with van der Waals surface area (Å²) in [5, 5.41) is 0.886. The van der Waals surface area contributed by atoms with Crippen LogP contribution in [0, 0.1) is 0 Å². The highest BCUT2D eigenvalue weighted by atomic mass is 31.2. The number of halogens is 3. The van der Waals surface area contributed by atoms with E-state index in [9.17, 15) is 13.2 Å². The summed E-state index contributed by atoms with van der Waals surface area (Å²) < 4.78 is 50.0. The lowest BCUT2D eigenvalue weighted by Gasteiger charge is -2.23. The quantitative estimate of drug-likeness (QED) is 0.671. The SMILES string of the molecule is FC(F)(F)O[P+](c1ccccc1)(c1ccccc1)c1ccco1. The highest BCUT2D eigenvalue weighted by molar-refractivity contribution is 7.91. The maximum absolute atomic E-state index is 13.3. The van der Waals surface area contributed by atoms with Crippen molar-refractivity contribution in [2.24, 2.45) is 0 Å². The molecule has 1 heterocycles. The van der Waals surface area contributed by atoms with Crippen LogP contribution in [0.25, 0.3) is 0 Å². The summed E-state index contributed by atoms with van der Waals surface area (Å²) in [6.45, 7) is 0. The van der Waals surface area contributed by atoms with Gasteiger partial charge in [-0.05, 0) is 30.3 Å². The Bertz CT molecular complexity index is 701. The summed E-state index contributed by atoms with van der Waals surface area (Å²) in [7, 11) is -3.42. The monoisotopic (exact) mass is 337 g/mol. The third kappa shape index (κ3) is 3.16. The molecule has 0 N–H and O–H groups in total. The van der Waals surface area contributed by atoms with Crippen LogP contribution >= 0.6 is 7.49 Å². The van der Waals surface area contributed by atoms with E-state index in [0.717, 1.165) is 0 Å². The fourth-order valence-electron chi connectivity index (χ4n) is 2.43. The van der Waals surface area contributed by atoms with E-state index in [1.807, 2.05) is 0 Å². The number of rotatable bonds is 4. The second-order valence-corrected chi connectivity index (χ2v) is 7.64. The molecule has 0 fully saturated rings. The van der Waals surface area contributed by atoms with Gasteiger partial charge in [0.1, 0.15) is 10.6 Å². The van der Waals surface area contributed by atoms with Crippen LogP contribution < -0.4 is 16.1 Å². The predicted octanol–water partition coefficient (Wildman–Crippen LogP) is 4.02. The molecule has 23 heavy (non-hydrogen) atoms. The molecule has 0 radical (unpaired) electrons. The smallest absolute Gasteiger partial charge is 0.432 e. The highest BCUT2D eigenvalue weighted by Gasteiger charge is 2.59. The van der Waals surface area contributed by atoms with Crippen molar-refractivity contribution in [1.29, 1.82) is 0 Å². The summed E-state index contributed by atoms with van der Waals surface area (Å²) in [4.78, 5) is 0. The summed E-state index contributed by atoms with van der Waals surface area (Å²) in [5.41, 5.74) is 0.173. The van der Waals surface area contributed by atoms with Crippen LogP contribution in [-0.2, 0) is 4.52 Å². The van der Waals surface area contributed by atoms with Gasteiger partial charge in [0, 0.05) is 6.07 Å². The second kappa shape index (κ2) is 6.19. The molecule has 0 spiro atoms. The molecule has 0 aliphatic rings. The average Bonchev–Trinajstić information content (AvgIpc) is 3.08. The highest BCUT2D eigenvalue weighted by Crippen LogP contribution is 2.59. The molecule has 0 aliphatic carbocycles. The van der Waals surface area contributed by atoms with E-state index in [1.54, 1.807) is 66.7 Å². The van der Waals surface area contributed by atoms with Crippen molar-refractivity contribution in [3.05, 3.63) is 79.1 Å². The Morgan fingerprint density at radius 2 is 1.26 bits per heavy atom. The van der Waals surface area contributed by atoms with Crippen molar-refractivity contribution in [2.45, 2.75) is 6.36 Å². The fraction of sp³-hybridized carbons (Fsp3) is 0.0588. The van der Waals surface area contributed by atoms with Crippen LogP contribution in [0.4, 0.5) is 13.2 Å². The third-order valence-corrected chi connectivity index (χ3v) is 6.70. The van der Waals surface area contributed by atoms with Crippen molar-refractivity contribution in [3.63, 3.8) is 0 Å². The van der Waals surface area contributed by atoms with E-state index < -0.39 is 13.9 Å². The van der Waals surface area contributed by atoms with Crippen molar-refractivity contribution in [2.75, 3.05) is 0 Å². The van der Waals surface area contributed by atoms with Gasteiger partial charge in [-0.25, -0.2) is 0 Å². The van der Waals surface area contributed by atoms with Gasteiger partial charge < -0.3 is 4.42 Å². The molecule has 6 heteroatoms. The van der Waals surface area contributed by atoms with E-state index in [-0.39, 0.29) is 5.50 Å². The van der Waals surface area contributed by atoms with Gasteiger partial charge in [-0.2, -0.15) is 0 Å². The van der Waals surface area contributed by atoms with Gasteiger partial charge in [0.05, 0.1) is 6.26 Å². The lowest BCUT2D eigenvalue weighted by molar-refractivity contribution is -0.271. The van der Waals surface area contributed by atoms with Crippen molar-refractivity contribution in [3.8, 4) is 0 Å². The average molecular weight is 337 g/mol. The van der Waals surface area contributed by atoms with E-state index >= 15 is 0 Å². The van der Waals surface area contributed by atoms with Gasteiger partial charge in [0.25, 0.3) is 13.0 Å². The molecule has 0 unspecified atom stereocenters. The molecule has 3 aromatic rings. The Hall–Kier alpha value is -2.10. The Morgan fingerprint density at radius 1 is 0.739 bits per heavy atom. The molecule has 0 saturated heterocycles. The Morgan fingerprint density at radius 3 is 1.65 bits per heavy atom. The lowest BCUT2D eigenvalue weighted by Crippen LogP contribution is -2.35. The zero-order valence-electron chi connectivity index (χ0n) is 11.9. The molecule has 1 aromatic heterocycles. The predicted molar refractivity (Wildman–Crippen MR) is 84.6 cm³/mol. The summed E-state index contributed by atoms with van der Waals surface area (Å²) in [6, 6.07) is 19.9. The number of benzene rings is 2. The zero-order chi connectivity index (χ0) is 16.3. The molecule has 0 atom stereocenters. The van der Waals surface area contributed by atoms with Gasteiger partial charge >= 0.3 is 6.36 Å². The Balaban J connectivity index is 2.30. The second-order valence-electron chi connectivity index (χ2n) is 4.77. The van der Waals surface area contributed by atoms with Crippen LogP contribution in [0.15, 0.2) is 83.5 Å². The molecule has 0 aliphatic heterocycles. The van der Waals surface area contributed by atoms with Gasteiger partial charge in [0.15, 0.2) is 0 Å². The van der Waals surface area contributed by atoms with Crippen LogP contribution in [0.5, 0.6) is 0 Å². The molecule has 0 amide bonds. The van der Waals surface area contributed by atoms with E-state index in [1.165, 1.54) is 12.3 Å². The number of furan rings is 1. The maximum atomic E-state index is 13.3. The summed E-state index contributed by atoms with van der Waals surface area (Å²) >= 11 is 0. The van der Waals surface area contributed by atoms with Crippen LogP contribution in [0.2, 0.25) is 0 Å². The van der Waals surface area contributed by atoms with Crippen LogP contribution in [0.3, 0.4) is 0 Å². The first-order chi connectivity index (χ1) is 11.0. The minimum atomic E-state index is -4.80. The van der Waals surface area contributed by atoms with E-state index in [2.05, 4.69) is 0 Å². The molecule has 3 rings (SSSR count). The number of alkyl halides is 3. The maximum Gasteiger partial charge on any atom is 0.557 e. The van der Waals surface area contributed by atoms with E-state index in [4.69, 9.17) is 8.94 Å². The number of hydrogen-bond donors (Lipinski definition) is 0. The minimum Gasteiger partial charge on any atom is -0.432 e. The molecular formula is C17H13F3O2P+. The largest absolute Gasteiger partial charge is 0.557 e. The minimum absolute atomic E-state index is 0.173. The van der Waals surface area contributed by atoms with Crippen molar-refractivity contribution < 1.29 is 22.1 Å². The molecule has 118 valence electrons. The van der Waals surface area contributed by atoms with Crippen molar-refractivity contribution in [1.82, 2.24) is 0 Å². The fourth-order valence-corrected chi connectivity index (χ4v) is 5.54. The first kappa shape index (κ1) is 15.8. The van der Waals surface area contributed by atoms with Gasteiger partial charge in [0.2, 0.25) is 0 Å². The molecule has 2 nitrogen and oxygen atoms in total. The Labute approximate surface area is 131 Å². The van der Waals surface area contributed by atoms with Gasteiger partial charge in [-0.1, -0.05) is 36.4 Å². The third-order valence-electron chi connectivity index (χ3n) is 3.30. The molecular weight excluding hydrogens is 324 g/mol. The van der Waals surface area contributed by atoms with Crippen molar-refractivity contribution >= 4 is 23.6 Å². The summed E-state index contributed by atoms with van der Waals surface area (Å²) in [5.74, 6) is 0. The van der Waals surface area contributed by atoms with Gasteiger partial charge in [-0.15, -0.1) is 17.7 Å². The first-order valence-corrected chi connectivity index (χ1v) is 8.55. The first-order valence-electron chi connectivity index (χ1n) is 6.84. The molecule has 2 aromatic carbocycles. The summed E-state index contributed by atoms with van der Waals surface area (Å²) in [6.07, 6.45) is -3.44.